The molecule has 1 unspecified atom stereocenters. The van der Waals surface area contributed by atoms with E-state index in [1.54, 1.807) is 10.9 Å². The van der Waals surface area contributed by atoms with Crippen molar-refractivity contribution in [2.24, 2.45) is 12.9 Å². The first-order valence-corrected chi connectivity index (χ1v) is 7.16. The molecule has 110 valence electrons. The maximum Gasteiger partial charge on any atom is 0.0828 e. The Hall–Kier alpha value is -0.980. The van der Waals surface area contributed by atoms with Crippen molar-refractivity contribution in [2.75, 3.05) is 13.1 Å². The van der Waals surface area contributed by atoms with Gasteiger partial charge in [-0.3, -0.25) is 15.4 Å². The van der Waals surface area contributed by atoms with E-state index in [1.807, 2.05) is 7.05 Å². The number of hydrogen-bond donors (Lipinski definition) is 2. The Bertz CT molecular complexity index is 367. The fourth-order valence-electron chi connectivity index (χ4n) is 3.22. The number of nitrogens with zero attached hydrogens (tertiary/aromatic N) is 4. The maximum absolute atomic E-state index is 5.87. The van der Waals surface area contributed by atoms with Crippen LogP contribution in [0.4, 0.5) is 0 Å². The Morgan fingerprint density at radius 1 is 1.32 bits per heavy atom. The first-order valence-electron chi connectivity index (χ1n) is 7.16. The molecule has 0 saturated heterocycles. The summed E-state index contributed by atoms with van der Waals surface area (Å²) in [4.78, 5) is 2.48. The van der Waals surface area contributed by atoms with E-state index in [-0.39, 0.29) is 11.6 Å². The second-order valence-electron chi connectivity index (χ2n) is 4.87. The van der Waals surface area contributed by atoms with Crippen LogP contribution in [-0.4, -0.2) is 38.5 Å². The quantitative estimate of drug-likeness (QED) is 0.548. The number of aryl methyl sites for hydroxylation is 1. The molecule has 1 aromatic heterocycles. The summed E-state index contributed by atoms with van der Waals surface area (Å²) in [5.41, 5.74) is 4.00. The predicted molar refractivity (Wildman–Crippen MR) is 77.3 cm³/mol. The van der Waals surface area contributed by atoms with Crippen molar-refractivity contribution in [1.82, 2.24) is 25.3 Å². The standard InChI is InChI=1S/C13H28N6/c1-6-13(7-2,19(8-3)9-4)12(16-14)11-10-15-17-18(11)5/h10,12,16H,6-9,14H2,1-5H3. The van der Waals surface area contributed by atoms with E-state index in [1.165, 1.54) is 0 Å². The topological polar surface area (TPSA) is 72.0 Å². The Kier molecular flexibility index (Phi) is 5.90. The van der Waals surface area contributed by atoms with Gasteiger partial charge in [-0.05, 0) is 25.9 Å². The highest BCUT2D eigenvalue weighted by molar-refractivity contribution is 5.12. The molecule has 0 spiro atoms. The summed E-state index contributed by atoms with van der Waals surface area (Å²) in [7, 11) is 1.91. The molecule has 0 saturated carbocycles. The summed E-state index contributed by atoms with van der Waals surface area (Å²) >= 11 is 0. The van der Waals surface area contributed by atoms with Crippen molar-refractivity contribution in [2.45, 2.75) is 52.1 Å². The lowest BCUT2D eigenvalue weighted by atomic mass is 9.81. The van der Waals surface area contributed by atoms with Crippen molar-refractivity contribution in [3.05, 3.63) is 11.9 Å². The monoisotopic (exact) mass is 268 g/mol. The summed E-state index contributed by atoms with van der Waals surface area (Å²) in [6.07, 6.45) is 3.84. The Morgan fingerprint density at radius 2 is 1.89 bits per heavy atom. The molecular weight excluding hydrogens is 240 g/mol. The van der Waals surface area contributed by atoms with E-state index in [4.69, 9.17) is 5.84 Å². The van der Waals surface area contributed by atoms with Gasteiger partial charge in [-0.25, -0.2) is 5.43 Å². The van der Waals surface area contributed by atoms with Crippen LogP contribution in [0.3, 0.4) is 0 Å². The first kappa shape index (κ1) is 16.1. The van der Waals surface area contributed by atoms with Crippen LogP contribution in [0.5, 0.6) is 0 Å². The van der Waals surface area contributed by atoms with Gasteiger partial charge in [-0.2, -0.15) is 0 Å². The van der Waals surface area contributed by atoms with E-state index in [0.29, 0.717) is 0 Å². The average molecular weight is 268 g/mol. The molecule has 0 aliphatic heterocycles. The average Bonchev–Trinajstić information content (AvgIpc) is 2.85. The van der Waals surface area contributed by atoms with Gasteiger partial charge in [0, 0.05) is 12.6 Å². The molecule has 1 aromatic rings. The van der Waals surface area contributed by atoms with Gasteiger partial charge in [0.1, 0.15) is 0 Å². The third-order valence-corrected chi connectivity index (χ3v) is 4.37. The number of nitrogens with one attached hydrogen (secondary N) is 1. The highest BCUT2D eigenvalue weighted by Crippen LogP contribution is 2.36. The van der Waals surface area contributed by atoms with Gasteiger partial charge in [-0.15, -0.1) is 5.10 Å². The van der Waals surface area contributed by atoms with E-state index in [2.05, 4.69) is 48.3 Å². The molecule has 0 aromatic carbocycles. The third kappa shape index (κ3) is 2.80. The molecule has 19 heavy (non-hydrogen) atoms. The number of rotatable bonds is 8. The number of likely N-dealkylation sites (N-methyl/N-ethyl adjacent to an activating group) is 1. The highest BCUT2D eigenvalue weighted by Gasteiger charge is 2.41. The molecular formula is C13H28N6. The Labute approximate surface area is 116 Å². The number of hydrazine groups is 1. The zero-order valence-electron chi connectivity index (χ0n) is 12.8. The molecule has 6 nitrogen and oxygen atoms in total. The lowest BCUT2D eigenvalue weighted by Gasteiger charge is -2.47. The largest absolute Gasteiger partial charge is 0.296 e. The lowest BCUT2D eigenvalue weighted by molar-refractivity contribution is 0.0459. The smallest absolute Gasteiger partial charge is 0.0828 e. The van der Waals surface area contributed by atoms with Gasteiger partial charge in [-0.1, -0.05) is 32.9 Å². The van der Waals surface area contributed by atoms with E-state index >= 15 is 0 Å². The molecule has 0 fully saturated rings. The van der Waals surface area contributed by atoms with Crippen LogP contribution >= 0.6 is 0 Å². The molecule has 0 aliphatic rings. The maximum atomic E-state index is 5.87. The van der Waals surface area contributed by atoms with Gasteiger partial charge in [0.05, 0.1) is 17.9 Å². The summed E-state index contributed by atoms with van der Waals surface area (Å²) in [5.74, 6) is 5.87. The number of hydrogen-bond acceptors (Lipinski definition) is 5. The summed E-state index contributed by atoms with van der Waals surface area (Å²) in [6.45, 7) is 10.8. The fourth-order valence-corrected chi connectivity index (χ4v) is 3.22. The van der Waals surface area contributed by atoms with Gasteiger partial charge in [0.2, 0.25) is 0 Å². The predicted octanol–water partition coefficient (Wildman–Crippen LogP) is 1.22. The molecule has 0 radical (unpaired) electrons. The highest BCUT2D eigenvalue weighted by atomic mass is 15.4. The van der Waals surface area contributed by atoms with Gasteiger partial charge in [0.25, 0.3) is 0 Å². The van der Waals surface area contributed by atoms with Crippen LogP contribution in [0.25, 0.3) is 0 Å². The van der Waals surface area contributed by atoms with E-state index < -0.39 is 0 Å². The molecule has 6 heteroatoms. The first-order chi connectivity index (χ1) is 9.11. The second kappa shape index (κ2) is 6.98. The number of nitrogens with two attached hydrogens (primary N) is 1. The Morgan fingerprint density at radius 3 is 2.21 bits per heavy atom. The minimum Gasteiger partial charge on any atom is -0.296 e. The van der Waals surface area contributed by atoms with E-state index in [0.717, 1.165) is 31.6 Å². The summed E-state index contributed by atoms with van der Waals surface area (Å²) in [5, 5.41) is 8.01. The molecule has 3 N–H and O–H groups in total. The van der Waals surface area contributed by atoms with Crippen molar-refractivity contribution in [3.63, 3.8) is 0 Å². The van der Waals surface area contributed by atoms with Crippen LogP contribution in [0.2, 0.25) is 0 Å². The molecule has 0 amide bonds. The molecule has 1 atom stereocenters. The summed E-state index contributed by atoms with van der Waals surface area (Å²) < 4.78 is 1.80. The van der Waals surface area contributed by atoms with Gasteiger partial charge >= 0.3 is 0 Å². The molecule has 1 heterocycles. The minimum absolute atomic E-state index is 0.0161. The SMILES string of the molecule is CCN(CC)C(CC)(CC)C(NN)c1cnnn1C. The lowest BCUT2D eigenvalue weighted by Crippen LogP contribution is -2.57. The van der Waals surface area contributed by atoms with Crippen LogP contribution in [0, 0.1) is 0 Å². The van der Waals surface area contributed by atoms with E-state index in [9.17, 15) is 0 Å². The van der Waals surface area contributed by atoms with Crippen LogP contribution < -0.4 is 11.3 Å². The molecule has 0 bridgehead atoms. The molecule has 0 aliphatic carbocycles. The van der Waals surface area contributed by atoms with Gasteiger partial charge in [0.15, 0.2) is 0 Å². The van der Waals surface area contributed by atoms with Crippen molar-refractivity contribution >= 4 is 0 Å². The van der Waals surface area contributed by atoms with Crippen LogP contribution in [-0.2, 0) is 7.05 Å². The van der Waals surface area contributed by atoms with Crippen molar-refractivity contribution in [1.29, 1.82) is 0 Å². The normalized spacial score (nSPS) is 14.1. The zero-order chi connectivity index (χ0) is 14.5. The fraction of sp³-hybridized carbons (Fsp3) is 0.846. The third-order valence-electron chi connectivity index (χ3n) is 4.37. The number of aromatic nitrogens is 3. The van der Waals surface area contributed by atoms with Crippen LogP contribution in [0.1, 0.15) is 52.3 Å². The van der Waals surface area contributed by atoms with Crippen LogP contribution in [0.15, 0.2) is 6.20 Å². The summed E-state index contributed by atoms with van der Waals surface area (Å²) in [6, 6.07) is 0.0161. The second-order valence-corrected chi connectivity index (χ2v) is 4.87. The van der Waals surface area contributed by atoms with Gasteiger partial charge < -0.3 is 0 Å². The van der Waals surface area contributed by atoms with Crippen molar-refractivity contribution < 1.29 is 0 Å². The molecule has 1 rings (SSSR count). The zero-order valence-corrected chi connectivity index (χ0v) is 12.8. The van der Waals surface area contributed by atoms with Crippen molar-refractivity contribution in [3.8, 4) is 0 Å². The Balaban J connectivity index is 3.25. The minimum atomic E-state index is -0.0201.